The van der Waals surface area contributed by atoms with Gasteiger partial charge in [0.15, 0.2) is 0 Å². The zero-order valence-electron chi connectivity index (χ0n) is 9.96. The highest BCUT2D eigenvalue weighted by Gasteiger charge is 2.38. The summed E-state index contributed by atoms with van der Waals surface area (Å²) in [7, 11) is 0. The van der Waals surface area contributed by atoms with Crippen LogP contribution in [0.1, 0.15) is 20.3 Å². The van der Waals surface area contributed by atoms with Gasteiger partial charge in [0, 0.05) is 11.6 Å². The molecule has 96 valence electrons. The number of rotatable bonds is 1. The minimum Gasteiger partial charge on any atom is -0.332 e. The van der Waals surface area contributed by atoms with Gasteiger partial charge in [-0.25, -0.2) is 18.5 Å². The van der Waals surface area contributed by atoms with E-state index in [0.717, 1.165) is 12.1 Å². The van der Waals surface area contributed by atoms with Crippen molar-refractivity contribution >= 4 is 17.6 Å². The van der Waals surface area contributed by atoms with Crippen LogP contribution in [0.3, 0.4) is 0 Å². The quantitative estimate of drug-likeness (QED) is 0.835. The van der Waals surface area contributed by atoms with Crippen LogP contribution in [0.15, 0.2) is 18.2 Å². The summed E-state index contributed by atoms with van der Waals surface area (Å²) >= 11 is 0. The molecule has 1 aliphatic rings. The van der Waals surface area contributed by atoms with Crippen molar-refractivity contribution in [3.05, 3.63) is 29.8 Å². The summed E-state index contributed by atoms with van der Waals surface area (Å²) in [6, 6.07) is 2.00. The van der Waals surface area contributed by atoms with Gasteiger partial charge < -0.3 is 5.32 Å². The summed E-state index contributed by atoms with van der Waals surface area (Å²) in [5, 5.41) is 2.58. The minimum atomic E-state index is -0.946. The molecule has 1 N–H and O–H groups in total. The number of carbonyl (C=O) groups excluding carboxylic acids is 2. The first-order valence-electron chi connectivity index (χ1n) is 5.40. The van der Waals surface area contributed by atoms with E-state index in [1.54, 1.807) is 13.8 Å². The number of nitrogens with zero attached hydrogens (tertiary/aromatic N) is 1. The van der Waals surface area contributed by atoms with Gasteiger partial charge in [-0.05, 0) is 26.0 Å². The Balaban J connectivity index is 2.39. The fraction of sp³-hybridized carbons (Fsp3) is 0.333. The van der Waals surface area contributed by atoms with E-state index in [1.165, 1.54) is 0 Å². The van der Waals surface area contributed by atoms with Crippen molar-refractivity contribution in [3.8, 4) is 0 Å². The topological polar surface area (TPSA) is 49.4 Å². The number of hydrogen-bond donors (Lipinski definition) is 1. The maximum atomic E-state index is 13.6. The largest absolute Gasteiger partial charge is 0.332 e. The molecule has 0 spiro atoms. The van der Waals surface area contributed by atoms with E-state index in [0.29, 0.717) is 11.0 Å². The van der Waals surface area contributed by atoms with E-state index in [4.69, 9.17) is 0 Å². The number of carbonyl (C=O) groups is 2. The monoisotopic (exact) mass is 254 g/mol. The Morgan fingerprint density at radius 3 is 2.50 bits per heavy atom. The molecule has 0 saturated carbocycles. The second-order valence-electron chi connectivity index (χ2n) is 4.82. The molecule has 1 aliphatic heterocycles. The summed E-state index contributed by atoms with van der Waals surface area (Å²) in [4.78, 5) is 24.3. The number of hydrogen-bond acceptors (Lipinski definition) is 2. The third kappa shape index (κ3) is 2.18. The van der Waals surface area contributed by atoms with Gasteiger partial charge in [0.2, 0.25) is 5.91 Å². The lowest BCUT2D eigenvalue weighted by Crippen LogP contribution is -2.59. The fourth-order valence-electron chi connectivity index (χ4n) is 1.87. The average Bonchev–Trinajstić information content (AvgIpc) is 2.18. The Bertz CT molecular complexity index is 509. The Morgan fingerprint density at radius 1 is 1.28 bits per heavy atom. The third-order valence-electron chi connectivity index (χ3n) is 2.64. The molecule has 0 aromatic heterocycles. The average molecular weight is 254 g/mol. The number of anilines is 1. The predicted octanol–water partition coefficient (Wildman–Crippen LogP) is 2.19. The van der Waals surface area contributed by atoms with Crippen LogP contribution >= 0.6 is 0 Å². The van der Waals surface area contributed by atoms with Crippen molar-refractivity contribution in [1.29, 1.82) is 0 Å². The number of urea groups is 1. The van der Waals surface area contributed by atoms with Crippen LogP contribution in [0.2, 0.25) is 0 Å². The van der Waals surface area contributed by atoms with E-state index in [1.807, 2.05) is 0 Å². The van der Waals surface area contributed by atoms with Crippen molar-refractivity contribution < 1.29 is 18.4 Å². The molecule has 1 aromatic rings. The molecular formula is C12H12F2N2O2. The van der Waals surface area contributed by atoms with Gasteiger partial charge in [0.1, 0.15) is 11.6 Å². The van der Waals surface area contributed by atoms with Crippen molar-refractivity contribution in [3.63, 3.8) is 0 Å². The van der Waals surface area contributed by atoms with Crippen LogP contribution in [0.25, 0.3) is 0 Å². The van der Waals surface area contributed by atoms with Crippen LogP contribution in [0.5, 0.6) is 0 Å². The lowest BCUT2D eigenvalue weighted by molar-refractivity contribution is -0.119. The lowest BCUT2D eigenvalue weighted by atomic mass is 9.97. The SMILES string of the molecule is CC1(C)CC(=O)N(c2ccc(F)cc2F)C(=O)N1. The summed E-state index contributed by atoms with van der Waals surface area (Å²) in [5.41, 5.74) is -0.907. The fourth-order valence-corrected chi connectivity index (χ4v) is 1.87. The normalized spacial score (nSPS) is 18.8. The zero-order chi connectivity index (χ0) is 13.5. The molecule has 0 atom stereocenters. The number of amides is 3. The van der Waals surface area contributed by atoms with Gasteiger partial charge in [-0.2, -0.15) is 0 Å². The first-order valence-corrected chi connectivity index (χ1v) is 5.40. The van der Waals surface area contributed by atoms with Gasteiger partial charge in [0.05, 0.1) is 12.1 Å². The summed E-state index contributed by atoms with van der Waals surface area (Å²) in [6.45, 7) is 3.39. The second kappa shape index (κ2) is 4.04. The molecule has 3 amide bonds. The first-order chi connectivity index (χ1) is 8.30. The molecule has 1 saturated heterocycles. The van der Waals surface area contributed by atoms with Crippen LogP contribution in [0.4, 0.5) is 19.3 Å². The highest BCUT2D eigenvalue weighted by Crippen LogP contribution is 2.26. The molecule has 1 fully saturated rings. The maximum absolute atomic E-state index is 13.6. The number of benzene rings is 1. The molecule has 0 unspecified atom stereocenters. The maximum Gasteiger partial charge on any atom is 0.329 e. The first kappa shape index (κ1) is 12.5. The van der Waals surface area contributed by atoms with E-state index in [-0.39, 0.29) is 12.1 Å². The van der Waals surface area contributed by atoms with Crippen LogP contribution < -0.4 is 10.2 Å². The minimum absolute atomic E-state index is 0.0511. The predicted molar refractivity (Wildman–Crippen MR) is 61.1 cm³/mol. The Labute approximate surface area is 103 Å². The third-order valence-corrected chi connectivity index (χ3v) is 2.64. The van der Waals surface area contributed by atoms with Crippen molar-refractivity contribution in [2.45, 2.75) is 25.8 Å². The van der Waals surface area contributed by atoms with Gasteiger partial charge in [-0.3, -0.25) is 4.79 Å². The van der Waals surface area contributed by atoms with Crippen molar-refractivity contribution in [2.24, 2.45) is 0 Å². The molecule has 1 aromatic carbocycles. The summed E-state index contributed by atoms with van der Waals surface area (Å²) in [5.74, 6) is -2.23. The van der Waals surface area contributed by atoms with Crippen LogP contribution in [-0.4, -0.2) is 17.5 Å². The van der Waals surface area contributed by atoms with Gasteiger partial charge in [-0.1, -0.05) is 0 Å². The molecular weight excluding hydrogens is 242 g/mol. The number of nitrogens with one attached hydrogen (secondary N) is 1. The summed E-state index contributed by atoms with van der Waals surface area (Å²) in [6.07, 6.45) is 0.0511. The van der Waals surface area contributed by atoms with Crippen molar-refractivity contribution in [1.82, 2.24) is 5.32 Å². The Hall–Kier alpha value is -1.98. The van der Waals surface area contributed by atoms with Crippen LogP contribution in [-0.2, 0) is 4.79 Å². The number of halogens is 2. The standard InChI is InChI=1S/C12H12F2N2O2/c1-12(2)6-10(17)16(11(18)15-12)9-4-3-7(13)5-8(9)14/h3-5H,6H2,1-2H3,(H,15,18). The molecule has 18 heavy (non-hydrogen) atoms. The smallest absolute Gasteiger partial charge is 0.329 e. The molecule has 4 nitrogen and oxygen atoms in total. The van der Waals surface area contributed by atoms with Crippen molar-refractivity contribution in [2.75, 3.05) is 4.90 Å². The second-order valence-corrected chi connectivity index (χ2v) is 4.82. The van der Waals surface area contributed by atoms with E-state index in [9.17, 15) is 18.4 Å². The van der Waals surface area contributed by atoms with Gasteiger partial charge in [0.25, 0.3) is 0 Å². The zero-order valence-corrected chi connectivity index (χ0v) is 9.96. The highest BCUT2D eigenvalue weighted by molar-refractivity contribution is 6.16. The Morgan fingerprint density at radius 2 is 1.94 bits per heavy atom. The Kier molecular flexibility index (Phi) is 2.80. The molecule has 1 heterocycles. The molecule has 0 bridgehead atoms. The molecule has 0 radical (unpaired) electrons. The van der Waals surface area contributed by atoms with E-state index < -0.39 is 29.1 Å². The molecule has 2 rings (SSSR count). The highest BCUT2D eigenvalue weighted by atomic mass is 19.1. The lowest BCUT2D eigenvalue weighted by Gasteiger charge is -2.36. The summed E-state index contributed by atoms with van der Waals surface area (Å²) < 4.78 is 26.3. The van der Waals surface area contributed by atoms with Crippen LogP contribution in [0, 0.1) is 11.6 Å². The van der Waals surface area contributed by atoms with Gasteiger partial charge in [-0.15, -0.1) is 0 Å². The molecule has 6 heteroatoms. The number of imide groups is 1. The van der Waals surface area contributed by atoms with E-state index >= 15 is 0 Å². The van der Waals surface area contributed by atoms with E-state index in [2.05, 4.69) is 5.32 Å². The van der Waals surface area contributed by atoms with Gasteiger partial charge >= 0.3 is 6.03 Å². The molecule has 0 aliphatic carbocycles.